The molecule has 1 aromatic carbocycles. The summed E-state index contributed by atoms with van der Waals surface area (Å²) in [7, 11) is 0. The lowest BCUT2D eigenvalue weighted by molar-refractivity contribution is -0.105. The number of carbonyl (C=O) groups is 2. The number of anilines is 2. The average molecular weight is 299 g/mol. The number of hydrogen-bond acceptors (Lipinski definition) is 3. The zero-order valence-electron chi connectivity index (χ0n) is 9.41. The summed E-state index contributed by atoms with van der Waals surface area (Å²) in [6.07, 6.45) is 1.71. The first-order chi connectivity index (χ1) is 9.13. The van der Waals surface area contributed by atoms with Crippen LogP contribution in [0.2, 0.25) is 10.0 Å². The lowest BCUT2D eigenvalue weighted by Gasteiger charge is -2.08. The van der Waals surface area contributed by atoms with Crippen LogP contribution in [0.25, 0.3) is 0 Å². The van der Waals surface area contributed by atoms with Crippen molar-refractivity contribution in [1.82, 2.24) is 9.97 Å². The number of halogens is 2. The van der Waals surface area contributed by atoms with Gasteiger partial charge in [0.05, 0.1) is 22.1 Å². The standard InChI is InChI=1S/C11H8Cl2N4O2/c12-6-2-1-3-7(13)8(6)17-11(19)9-10(16-5-18)15-4-14-9/h1-5H,(H,14,15)(H,16,18)(H,17,19). The third kappa shape index (κ3) is 2.86. The largest absolute Gasteiger partial charge is 0.339 e. The minimum absolute atomic E-state index is 0.100. The molecule has 0 aliphatic heterocycles. The monoisotopic (exact) mass is 298 g/mol. The molecular weight excluding hydrogens is 291 g/mol. The maximum Gasteiger partial charge on any atom is 0.276 e. The number of nitrogens with zero attached hydrogens (tertiary/aromatic N) is 1. The Labute approximate surface area is 118 Å². The quantitative estimate of drug-likeness (QED) is 0.758. The molecule has 0 fully saturated rings. The summed E-state index contributed by atoms with van der Waals surface area (Å²) >= 11 is 11.9. The molecule has 0 aliphatic rings. The second-order valence-electron chi connectivity index (χ2n) is 3.44. The SMILES string of the molecule is O=CNc1nc[nH]c1C(=O)Nc1c(Cl)cccc1Cl. The van der Waals surface area contributed by atoms with Gasteiger partial charge >= 0.3 is 0 Å². The fourth-order valence-electron chi connectivity index (χ4n) is 1.43. The van der Waals surface area contributed by atoms with Gasteiger partial charge in [-0.25, -0.2) is 4.98 Å². The second-order valence-corrected chi connectivity index (χ2v) is 4.25. The van der Waals surface area contributed by atoms with E-state index in [2.05, 4.69) is 20.6 Å². The fraction of sp³-hybridized carbons (Fsp3) is 0. The van der Waals surface area contributed by atoms with Crippen molar-refractivity contribution in [1.29, 1.82) is 0 Å². The van der Waals surface area contributed by atoms with E-state index >= 15 is 0 Å². The fourth-order valence-corrected chi connectivity index (χ4v) is 1.92. The molecule has 8 heteroatoms. The highest BCUT2D eigenvalue weighted by Gasteiger charge is 2.16. The van der Waals surface area contributed by atoms with Crippen molar-refractivity contribution in [2.24, 2.45) is 0 Å². The number of amides is 2. The summed E-state index contributed by atoms with van der Waals surface area (Å²) < 4.78 is 0. The lowest BCUT2D eigenvalue weighted by Crippen LogP contribution is -2.15. The number of H-pyrrole nitrogens is 1. The van der Waals surface area contributed by atoms with Crippen LogP contribution >= 0.6 is 23.2 Å². The van der Waals surface area contributed by atoms with Crippen molar-refractivity contribution in [3.63, 3.8) is 0 Å². The number of nitrogens with one attached hydrogen (secondary N) is 3. The van der Waals surface area contributed by atoms with Gasteiger partial charge in [0.1, 0.15) is 5.69 Å². The lowest BCUT2D eigenvalue weighted by atomic mass is 10.3. The zero-order chi connectivity index (χ0) is 13.8. The zero-order valence-corrected chi connectivity index (χ0v) is 10.9. The molecule has 0 atom stereocenters. The van der Waals surface area contributed by atoms with E-state index in [-0.39, 0.29) is 11.5 Å². The highest BCUT2D eigenvalue weighted by molar-refractivity contribution is 6.40. The van der Waals surface area contributed by atoms with Crippen LogP contribution in [0.15, 0.2) is 24.5 Å². The van der Waals surface area contributed by atoms with E-state index in [4.69, 9.17) is 23.2 Å². The van der Waals surface area contributed by atoms with E-state index in [1.54, 1.807) is 18.2 Å². The maximum absolute atomic E-state index is 12.0. The number of imidazole rings is 1. The minimum Gasteiger partial charge on any atom is -0.339 e. The van der Waals surface area contributed by atoms with Gasteiger partial charge in [0.15, 0.2) is 5.82 Å². The topological polar surface area (TPSA) is 86.9 Å². The molecule has 0 saturated carbocycles. The first-order valence-electron chi connectivity index (χ1n) is 5.12. The number of aromatic amines is 1. The highest BCUT2D eigenvalue weighted by atomic mass is 35.5. The normalized spacial score (nSPS) is 10.0. The Balaban J connectivity index is 2.26. The van der Waals surface area contributed by atoms with Crippen molar-refractivity contribution < 1.29 is 9.59 Å². The molecule has 1 heterocycles. The van der Waals surface area contributed by atoms with Crippen LogP contribution in [0.5, 0.6) is 0 Å². The number of aromatic nitrogens is 2. The molecule has 2 aromatic rings. The molecular formula is C11H8Cl2N4O2. The summed E-state index contributed by atoms with van der Waals surface area (Å²) in [6.45, 7) is 0. The van der Waals surface area contributed by atoms with Gasteiger partial charge in [0.2, 0.25) is 6.41 Å². The number of para-hydroxylation sites is 1. The molecule has 98 valence electrons. The molecule has 3 N–H and O–H groups in total. The predicted molar refractivity (Wildman–Crippen MR) is 72.7 cm³/mol. The smallest absolute Gasteiger partial charge is 0.276 e. The van der Waals surface area contributed by atoms with Crippen LogP contribution in [0.4, 0.5) is 11.5 Å². The molecule has 19 heavy (non-hydrogen) atoms. The molecule has 0 radical (unpaired) electrons. The molecule has 0 aliphatic carbocycles. The number of rotatable bonds is 4. The van der Waals surface area contributed by atoms with Crippen molar-refractivity contribution in [2.75, 3.05) is 10.6 Å². The van der Waals surface area contributed by atoms with Gasteiger partial charge < -0.3 is 15.6 Å². The molecule has 0 saturated heterocycles. The van der Waals surface area contributed by atoms with E-state index in [1.165, 1.54) is 6.33 Å². The Morgan fingerprint density at radius 3 is 2.63 bits per heavy atom. The van der Waals surface area contributed by atoms with E-state index in [0.29, 0.717) is 22.1 Å². The van der Waals surface area contributed by atoms with E-state index < -0.39 is 5.91 Å². The van der Waals surface area contributed by atoms with E-state index in [0.717, 1.165) is 0 Å². The Bertz CT molecular complexity index is 607. The number of benzene rings is 1. The molecule has 1 aromatic heterocycles. The maximum atomic E-state index is 12.0. The average Bonchev–Trinajstić information content (AvgIpc) is 2.83. The molecule has 0 bridgehead atoms. The van der Waals surface area contributed by atoms with Crippen LogP contribution in [-0.4, -0.2) is 22.3 Å². The first kappa shape index (κ1) is 13.4. The van der Waals surface area contributed by atoms with Crippen molar-refractivity contribution >= 4 is 47.0 Å². The Kier molecular flexibility index (Phi) is 4.03. The Morgan fingerprint density at radius 2 is 2.00 bits per heavy atom. The summed E-state index contributed by atoms with van der Waals surface area (Å²) in [5.41, 5.74) is 0.394. The summed E-state index contributed by atoms with van der Waals surface area (Å²) in [4.78, 5) is 28.8. The molecule has 6 nitrogen and oxygen atoms in total. The summed E-state index contributed by atoms with van der Waals surface area (Å²) in [5, 5.41) is 5.47. The third-order valence-corrected chi connectivity index (χ3v) is 2.89. The van der Waals surface area contributed by atoms with Gasteiger partial charge in [0, 0.05) is 0 Å². The number of hydrogen-bond donors (Lipinski definition) is 3. The van der Waals surface area contributed by atoms with Crippen LogP contribution in [0.1, 0.15) is 10.5 Å². The first-order valence-corrected chi connectivity index (χ1v) is 5.88. The van der Waals surface area contributed by atoms with Gasteiger partial charge in [-0.2, -0.15) is 0 Å². The van der Waals surface area contributed by atoms with Gasteiger partial charge in [-0.1, -0.05) is 29.3 Å². The predicted octanol–water partition coefficient (Wildman–Crippen LogP) is 2.54. The van der Waals surface area contributed by atoms with Gasteiger partial charge in [-0.05, 0) is 12.1 Å². The van der Waals surface area contributed by atoms with Crippen LogP contribution < -0.4 is 10.6 Å². The van der Waals surface area contributed by atoms with Crippen molar-refractivity contribution in [3.8, 4) is 0 Å². The van der Waals surface area contributed by atoms with Crippen LogP contribution in [0.3, 0.4) is 0 Å². The van der Waals surface area contributed by atoms with Gasteiger partial charge in [-0.3, -0.25) is 9.59 Å². The third-order valence-electron chi connectivity index (χ3n) is 2.26. The molecule has 2 amide bonds. The Morgan fingerprint density at radius 1 is 1.32 bits per heavy atom. The minimum atomic E-state index is -0.517. The molecule has 2 rings (SSSR count). The highest BCUT2D eigenvalue weighted by Crippen LogP contribution is 2.30. The van der Waals surface area contributed by atoms with E-state index in [9.17, 15) is 9.59 Å². The second kappa shape index (κ2) is 5.73. The Hall–Kier alpha value is -2.05. The summed E-state index contributed by atoms with van der Waals surface area (Å²) in [6, 6.07) is 4.86. The number of carbonyl (C=O) groups excluding carboxylic acids is 2. The van der Waals surface area contributed by atoms with E-state index in [1.807, 2.05) is 0 Å². The van der Waals surface area contributed by atoms with Crippen molar-refractivity contribution in [3.05, 3.63) is 40.3 Å². The van der Waals surface area contributed by atoms with Gasteiger partial charge in [-0.15, -0.1) is 0 Å². The van der Waals surface area contributed by atoms with Crippen molar-refractivity contribution in [2.45, 2.75) is 0 Å². The van der Waals surface area contributed by atoms with Crippen LogP contribution in [0, 0.1) is 0 Å². The molecule has 0 unspecified atom stereocenters. The van der Waals surface area contributed by atoms with Crippen LogP contribution in [-0.2, 0) is 4.79 Å². The molecule has 0 spiro atoms. The van der Waals surface area contributed by atoms with Gasteiger partial charge in [0.25, 0.3) is 5.91 Å². The summed E-state index contributed by atoms with van der Waals surface area (Å²) in [5.74, 6) is -0.396.